The van der Waals surface area contributed by atoms with E-state index < -0.39 is 16.7 Å². The molecular formula is C18H10N2O4. The van der Waals surface area contributed by atoms with Crippen molar-refractivity contribution in [3.63, 3.8) is 0 Å². The molecule has 0 saturated heterocycles. The number of amides is 2. The van der Waals surface area contributed by atoms with E-state index in [0.717, 1.165) is 4.90 Å². The molecule has 0 aromatic heterocycles. The second-order valence-corrected chi connectivity index (χ2v) is 5.40. The van der Waals surface area contributed by atoms with Crippen LogP contribution < -0.4 is 4.90 Å². The Balaban J connectivity index is 2.03. The zero-order chi connectivity index (χ0) is 16.8. The molecule has 2 amide bonds. The van der Waals surface area contributed by atoms with Crippen molar-refractivity contribution in [1.82, 2.24) is 0 Å². The molecule has 6 heteroatoms. The maximum absolute atomic E-state index is 12.8. The molecule has 0 bridgehead atoms. The first-order valence-electron chi connectivity index (χ1n) is 7.23. The molecule has 3 aromatic carbocycles. The third kappa shape index (κ3) is 1.83. The molecular weight excluding hydrogens is 308 g/mol. The molecule has 116 valence electrons. The van der Waals surface area contributed by atoms with Crippen LogP contribution in [0.1, 0.15) is 20.7 Å². The predicted octanol–water partition coefficient (Wildman–Crippen LogP) is 3.55. The first-order valence-corrected chi connectivity index (χ1v) is 7.23. The number of rotatable bonds is 2. The van der Waals surface area contributed by atoms with Crippen molar-refractivity contribution < 1.29 is 14.5 Å². The highest BCUT2D eigenvalue weighted by atomic mass is 16.6. The van der Waals surface area contributed by atoms with Gasteiger partial charge in [-0.3, -0.25) is 19.7 Å². The summed E-state index contributed by atoms with van der Waals surface area (Å²) in [6.45, 7) is 0. The quantitative estimate of drug-likeness (QED) is 0.411. The Hall–Kier alpha value is -3.54. The molecule has 0 fully saturated rings. The van der Waals surface area contributed by atoms with Gasteiger partial charge in [-0.2, -0.15) is 0 Å². The summed E-state index contributed by atoms with van der Waals surface area (Å²) >= 11 is 0. The summed E-state index contributed by atoms with van der Waals surface area (Å²) in [5, 5.41) is 11.9. The Morgan fingerprint density at radius 2 is 1.46 bits per heavy atom. The van der Waals surface area contributed by atoms with Crippen LogP contribution in [0.5, 0.6) is 0 Å². The summed E-state index contributed by atoms with van der Waals surface area (Å²) in [5.74, 6) is -0.963. The van der Waals surface area contributed by atoms with Gasteiger partial charge in [-0.1, -0.05) is 24.3 Å². The Morgan fingerprint density at radius 1 is 0.792 bits per heavy atom. The van der Waals surface area contributed by atoms with E-state index in [1.54, 1.807) is 48.5 Å². The molecule has 1 aliphatic heterocycles. The molecule has 4 rings (SSSR count). The Kier molecular flexibility index (Phi) is 2.93. The van der Waals surface area contributed by atoms with E-state index in [2.05, 4.69) is 0 Å². The third-order valence-electron chi connectivity index (χ3n) is 4.10. The van der Waals surface area contributed by atoms with Gasteiger partial charge in [0.2, 0.25) is 0 Å². The number of nitro groups is 1. The number of carbonyl (C=O) groups is 2. The van der Waals surface area contributed by atoms with Crippen LogP contribution in [0.4, 0.5) is 11.4 Å². The second-order valence-electron chi connectivity index (χ2n) is 5.40. The number of carbonyl (C=O) groups excluding carboxylic acids is 2. The zero-order valence-electron chi connectivity index (χ0n) is 12.3. The number of benzene rings is 3. The number of non-ortho nitro benzene ring substituents is 1. The zero-order valence-corrected chi connectivity index (χ0v) is 12.3. The first kappa shape index (κ1) is 14.1. The highest BCUT2D eigenvalue weighted by Crippen LogP contribution is 2.36. The Bertz CT molecular complexity index is 1010. The van der Waals surface area contributed by atoms with Crippen LogP contribution in [0.2, 0.25) is 0 Å². The van der Waals surface area contributed by atoms with E-state index in [9.17, 15) is 19.7 Å². The van der Waals surface area contributed by atoms with Gasteiger partial charge in [0.15, 0.2) is 0 Å². The van der Waals surface area contributed by atoms with Gasteiger partial charge < -0.3 is 0 Å². The average molecular weight is 318 g/mol. The smallest absolute Gasteiger partial charge is 0.268 e. The van der Waals surface area contributed by atoms with Crippen LogP contribution in [0.25, 0.3) is 10.8 Å². The number of para-hydroxylation sites is 1. The molecule has 0 unspecified atom stereocenters. The number of hydrogen-bond donors (Lipinski definition) is 0. The van der Waals surface area contributed by atoms with Gasteiger partial charge >= 0.3 is 0 Å². The minimum Gasteiger partial charge on any atom is -0.268 e. The molecule has 0 aliphatic carbocycles. The maximum Gasteiger partial charge on any atom is 0.277 e. The molecule has 0 radical (unpaired) electrons. The van der Waals surface area contributed by atoms with Gasteiger partial charge in [0.25, 0.3) is 17.5 Å². The summed E-state index contributed by atoms with van der Waals surface area (Å²) in [5.41, 5.74) is 0.919. The first-order chi connectivity index (χ1) is 11.6. The van der Waals surface area contributed by atoms with Crippen molar-refractivity contribution in [1.29, 1.82) is 0 Å². The number of nitro benzene ring substituents is 1. The van der Waals surface area contributed by atoms with E-state index in [-0.39, 0.29) is 16.8 Å². The standard InChI is InChI=1S/C18H10N2O4/c21-17-13-8-4-7-12-15(20(23)24)10-9-14(16(12)13)18(22)19(17)11-5-2-1-3-6-11/h1-10H. The molecule has 0 N–H and O–H groups in total. The lowest BCUT2D eigenvalue weighted by Gasteiger charge is -2.27. The fourth-order valence-corrected chi connectivity index (χ4v) is 3.05. The van der Waals surface area contributed by atoms with Crippen LogP contribution in [-0.4, -0.2) is 16.7 Å². The summed E-state index contributed by atoms with van der Waals surface area (Å²) in [7, 11) is 0. The van der Waals surface area contributed by atoms with Crippen molar-refractivity contribution in [3.05, 3.63) is 81.9 Å². The Labute approximate surface area is 136 Å². The van der Waals surface area contributed by atoms with Crippen molar-refractivity contribution in [2.45, 2.75) is 0 Å². The second kappa shape index (κ2) is 4.99. The largest absolute Gasteiger partial charge is 0.277 e. The molecule has 1 aliphatic rings. The lowest BCUT2D eigenvalue weighted by molar-refractivity contribution is -0.383. The fourth-order valence-electron chi connectivity index (χ4n) is 3.05. The van der Waals surface area contributed by atoms with E-state index in [4.69, 9.17) is 0 Å². The number of imide groups is 1. The van der Waals surface area contributed by atoms with Crippen molar-refractivity contribution >= 4 is 34.0 Å². The molecule has 0 atom stereocenters. The number of hydrogen-bond acceptors (Lipinski definition) is 4. The fraction of sp³-hybridized carbons (Fsp3) is 0. The maximum atomic E-state index is 12.8. The van der Waals surface area contributed by atoms with Crippen molar-refractivity contribution in [2.75, 3.05) is 4.90 Å². The van der Waals surface area contributed by atoms with Gasteiger partial charge in [-0.05, 0) is 30.3 Å². The lowest BCUT2D eigenvalue weighted by Crippen LogP contribution is -2.40. The Morgan fingerprint density at radius 3 is 2.12 bits per heavy atom. The van der Waals surface area contributed by atoms with E-state index in [1.807, 2.05) is 0 Å². The normalized spacial score (nSPS) is 13.4. The van der Waals surface area contributed by atoms with Crippen LogP contribution in [-0.2, 0) is 0 Å². The molecule has 0 spiro atoms. The van der Waals surface area contributed by atoms with Gasteiger partial charge in [-0.15, -0.1) is 0 Å². The minimum atomic E-state index is -0.512. The van der Waals surface area contributed by atoms with E-state index in [0.29, 0.717) is 16.5 Å². The third-order valence-corrected chi connectivity index (χ3v) is 4.10. The monoisotopic (exact) mass is 318 g/mol. The van der Waals surface area contributed by atoms with Gasteiger partial charge in [-0.25, -0.2) is 4.90 Å². The molecule has 3 aromatic rings. The molecule has 1 heterocycles. The SMILES string of the molecule is O=C1c2cccc3c([N+](=O)[O-])ccc(c23)C(=O)N1c1ccccc1. The number of anilines is 1. The minimum absolute atomic E-state index is 0.121. The predicted molar refractivity (Wildman–Crippen MR) is 88.2 cm³/mol. The van der Waals surface area contributed by atoms with Crippen LogP contribution in [0.3, 0.4) is 0 Å². The van der Waals surface area contributed by atoms with Gasteiger partial charge in [0.05, 0.1) is 16.0 Å². The van der Waals surface area contributed by atoms with Crippen LogP contribution in [0, 0.1) is 10.1 Å². The van der Waals surface area contributed by atoms with E-state index in [1.165, 1.54) is 12.1 Å². The highest BCUT2D eigenvalue weighted by molar-refractivity contribution is 6.36. The summed E-state index contributed by atoms with van der Waals surface area (Å²) < 4.78 is 0. The van der Waals surface area contributed by atoms with Gasteiger partial charge in [0, 0.05) is 22.6 Å². The van der Waals surface area contributed by atoms with E-state index >= 15 is 0 Å². The van der Waals surface area contributed by atoms with Gasteiger partial charge in [0.1, 0.15) is 0 Å². The van der Waals surface area contributed by atoms with Crippen LogP contribution >= 0.6 is 0 Å². The van der Waals surface area contributed by atoms with Crippen molar-refractivity contribution in [3.8, 4) is 0 Å². The summed E-state index contributed by atoms with van der Waals surface area (Å²) in [6, 6.07) is 16.1. The summed E-state index contributed by atoms with van der Waals surface area (Å²) in [4.78, 5) is 37.5. The van der Waals surface area contributed by atoms with Crippen LogP contribution in [0.15, 0.2) is 60.7 Å². The average Bonchev–Trinajstić information content (AvgIpc) is 2.60. The summed E-state index contributed by atoms with van der Waals surface area (Å²) in [6.07, 6.45) is 0. The number of nitrogens with zero attached hydrogens (tertiary/aromatic N) is 2. The molecule has 24 heavy (non-hydrogen) atoms. The molecule has 6 nitrogen and oxygen atoms in total. The lowest BCUT2D eigenvalue weighted by atomic mass is 9.93. The topological polar surface area (TPSA) is 80.5 Å². The highest BCUT2D eigenvalue weighted by Gasteiger charge is 2.35. The van der Waals surface area contributed by atoms with Crippen molar-refractivity contribution in [2.24, 2.45) is 0 Å². The molecule has 0 saturated carbocycles.